The van der Waals surface area contributed by atoms with Gasteiger partial charge in [0.1, 0.15) is 0 Å². The lowest BCUT2D eigenvalue weighted by Crippen LogP contribution is -2.37. The van der Waals surface area contributed by atoms with Crippen LogP contribution < -0.4 is 0 Å². The van der Waals surface area contributed by atoms with E-state index in [1.807, 2.05) is 17.0 Å². The van der Waals surface area contributed by atoms with Gasteiger partial charge in [0.05, 0.1) is 6.10 Å². The minimum Gasteiger partial charge on any atom is -0.393 e. The van der Waals surface area contributed by atoms with E-state index >= 15 is 0 Å². The summed E-state index contributed by atoms with van der Waals surface area (Å²) in [6, 6.07) is 8.34. The lowest BCUT2D eigenvalue weighted by atomic mass is 10.1. The zero-order valence-electron chi connectivity index (χ0n) is 11.9. The highest BCUT2D eigenvalue weighted by atomic mass is 79.9. The van der Waals surface area contributed by atoms with Gasteiger partial charge in [-0.2, -0.15) is 0 Å². The lowest BCUT2D eigenvalue weighted by Gasteiger charge is -2.25. The Morgan fingerprint density at radius 3 is 2.80 bits per heavy atom. The molecule has 1 heterocycles. The Morgan fingerprint density at radius 1 is 1.45 bits per heavy atom. The van der Waals surface area contributed by atoms with Crippen LogP contribution in [0.3, 0.4) is 0 Å². The van der Waals surface area contributed by atoms with Crippen molar-refractivity contribution in [2.75, 3.05) is 6.54 Å². The molecular formula is C16H22BrNO2. The van der Waals surface area contributed by atoms with Crippen molar-refractivity contribution < 1.29 is 9.90 Å². The van der Waals surface area contributed by atoms with E-state index in [0.29, 0.717) is 12.8 Å². The molecule has 0 radical (unpaired) electrons. The van der Waals surface area contributed by atoms with E-state index in [1.54, 1.807) is 6.92 Å². The number of carbonyl (C=O) groups is 1. The smallest absolute Gasteiger partial charge is 0.223 e. The highest BCUT2D eigenvalue weighted by molar-refractivity contribution is 9.10. The average Bonchev–Trinajstić information content (AvgIpc) is 2.85. The first-order valence-corrected chi connectivity index (χ1v) is 8.07. The Kier molecular flexibility index (Phi) is 5.61. The summed E-state index contributed by atoms with van der Waals surface area (Å²) in [4.78, 5) is 14.3. The Bertz CT molecular complexity index is 444. The van der Waals surface area contributed by atoms with Gasteiger partial charge >= 0.3 is 0 Å². The van der Waals surface area contributed by atoms with Gasteiger partial charge < -0.3 is 10.0 Å². The largest absolute Gasteiger partial charge is 0.393 e. The molecule has 0 spiro atoms. The van der Waals surface area contributed by atoms with Crippen LogP contribution in [0.15, 0.2) is 28.7 Å². The maximum atomic E-state index is 12.3. The zero-order valence-corrected chi connectivity index (χ0v) is 13.5. The number of benzene rings is 1. The van der Waals surface area contributed by atoms with E-state index in [4.69, 9.17) is 0 Å². The molecule has 110 valence electrons. The average molecular weight is 340 g/mol. The first kappa shape index (κ1) is 15.5. The molecule has 2 atom stereocenters. The van der Waals surface area contributed by atoms with Crippen LogP contribution in [0.1, 0.15) is 38.2 Å². The van der Waals surface area contributed by atoms with Crippen LogP contribution >= 0.6 is 15.9 Å². The molecule has 1 aliphatic heterocycles. The number of carbonyl (C=O) groups excluding carboxylic acids is 1. The molecule has 2 rings (SSSR count). The molecule has 2 unspecified atom stereocenters. The third-order valence-electron chi connectivity index (χ3n) is 3.85. The molecule has 1 aromatic rings. The number of hydrogen-bond donors (Lipinski definition) is 1. The van der Waals surface area contributed by atoms with Crippen molar-refractivity contribution in [2.24, 2.45) is 0 Å². The molecular weight excluding hydrogens is 318 g/mol. The third kappa shape index (κ3) is 4.32. The minimum atomic E-state index is -0.333. The Morgan fingerprint density at radius 2 is 2.15 bits per heavy atom. The summed E-state index contributed by atoms with van der Waals surface area (Å²) >= 11 is 3.41. The van der Waals surface area contributed by atoms with Crippen LogP contribution in [0.25, 0.3) is 0 Å². The minimum absolute atomic E-state index is 0.219. The van der Waals surface area contributed by atoms with Crippen LogP contribution in [0.4, 0.5) is 0 Å². The first-order chi connectivity index (χ1) is 9.56. The topological polar surface area (TPSA) is 40.5 Å². The number of rotatable bonds is 5. The van der Waals surface area contributed by atoms with Crippen molar-refractivity contribution in [3.63, 3.8) is 0 Å². The highest BCUT2D eigenvalue weighted by Crippen LogP contribution is 2.23. The van der Waals surface area contributed by atoms with E-state index in [9.17, 15) is 9.90 Å². The number of aliphatic hydroxyl groups excluding tert-OH is 1. The monoisotopic (exact) mass is 339 g/mol. The van der Waals surface area contributed by atoms with Crippen molar-refractivity contribution in [3.05, 3.63) is 34.3 Å². The standard InChI is InChI=1S/C16H22BrNO2/c1-12(19)11-15-3-2-10-18(15)16(20)9-6-13-4-7-14(17)8-5-13/h4-5,7-8,12,15,19H,2-3,6,9-11H2,1H3. The fraction of sp³-hybridized carbons (Fsp3) is 0.562. The number of aryl methyl sites for hydroxylation is 1. The third-order valence-corrected chi connectivity index (χ3v) is 4.38. The summed E-state index contributed by atoms with van der Waals surface area (Å²) in [6.45, 7) is 2.64. The van der Waals surface area contributed by atoms with Gasteiger partial charge in [0, 0.05) is 23.5 Å². The lowest BCUT2D eigenvalue weighted by molar-refractivity contribution is -0.132. The molecule has 1 aromatic carbocycles. The summed E-state index contributed by atoms with van der Waals surface area (Å²) in [5.74, 6) is 0.219. The predicted molar refractivity (Wildman–Crippen MR) is 83.5 cm³/mol. The molecule has 3 nitrogen and oxygen atoms in total. The van der Waals surface area contributed by atoms with Gasteiger partial charge in [-0.1, -0.05) is 28.1 Å². The van der Waals surface area contributed by atoms with Crippen molar-refractivity contribution in [1.82, 2.24) is 4.90 Å². The van der Waals surface area contributed by atoms with Gasteiger partial charge in [0.2, 0.25) is 5.91 Å². The molecule has 0 aromatic heterocycles. The number of halogens is 1. The normalized spacial score (nSPS) is 20.1. The second-order valence-electron chi connectivity index (χ2n) is 5.59. The SMILES string of the molecule is CC(O)CC1CCCN1C(=O)CCc1ccc(Br)cc1. The fourth-order valence-electron chi connectivity index (χ4n) is 2.85. The molecule has 1 amide bonds. The van der Waals surface area contributed by atoms with Crippen LogP contribution in [-0.4, -0.2) is 34.6 Å². The van der Waals surface area contributed by atoms with Crippen molar-refractivity contribution in [2.45, 2.75) is 51.2 Å². The number of likely N-dealkylation sites (tertiary alicyclic amines) is 1. The van der Waals surface area contributed by atoms with Crippen LogP contribution in [0.2, 0.25) is 0 Å². The molecule has 20 heavy (non-hydrogen) atoms. The Hall–Kier alpha value is -0.870. The van der Waals surface area contributed by atoms with Gasteiger partial charge in [0.25, 0.3) is 0 Å². The van der Waals surface area contributed by atoms with Crippen molar-refractivity contribution in [1.29, 1.82) is 0 Å². The van der Waals surface area contributed by atoms with Crippen LogP contribution in [0, 0.1) is 0 Å². The number of nitrogens with zero attached hydrogens (tertiary/aromatic N) is 1. The first-order valence-electron chi connectivity index (χ1n) is 7.28. The molecule has 1 saturated heterocycles. The fourth-order valence-corrected chi connectivity index (χ4v) is 3.11. The van der Waals surface area contributed by atoms with Crippen LogP contribution in [0.5, 0.6) is 0 Å². The summed E-state index contributed by atoms with van der Waals surface area (Å²) in [5, 5.41) is 9.50. The maximum Gasteiger partial charge on any atom is 0.223 e. The zero-order chi connectivity index (χ0) is 14.5. The summed E-state index contributed by atoms with van der Waals surface area (Å²) in [5.41, 5.74) is 1.19. The number of aliphatic hydroxyl groups is 1. The van der Waals surface area contributed by atoms with Gasteiger partial charge in [-0.15, -0.1) is 0 Å². The van der Waals surface area contributed by atoms with E-state index in [2.05, 4.69) is 28.1 Å². The van der Waals surface area contributed by atoms with Crippen LogP contribution in [-0.2, 0) is 11.2 Å². The molecule has 1 fully saturated rings. The molecule has 0 aliphatic carbocycles. The molecule has 4 heteroatoms. The number of amides is 1. The molecule has 1 N–H and O–H groups in total. The Balaban J connectivity index is 1.86. The quantitative estimate of drug-likeness (QED) is 0.895. The predicted octanol–water partition coefficient (Wildman–Crippen LogP) is 3.14. The van der Waals surface area contributed by atoms with Crippen molar-refractivity contribution in [3.8, 4) is 0 Å². The second-order valence-corrected chi connectivity index (χ2v) is 6.51. The van der Waals surface area contributed by atoms with E-state index in [-0.39, 0.29) is 18.1 Å². The Labute approximate surface area is 129 Å². The number of hydrogen-bond acceptors (Lipinski definition) is 2. The summed E-state index contributed by atoms with van der Waals surface area (Å²) < 4.78 is 1.06. The van der Waals surface area contributed by atoms with E-state index in [0.717, 1.165) is 30.3 Å². The summed E-state index contributed by atoms with van der Waals surface area (Å²) in [6.07, 6.45) is 3.78. The van der Waals surface area contributed by atoms with E-state index in [1.165, 1.54) is 5.56 Å². The van der Waals surface area contributed by atoms with Gasteiger partial charge in [-0.3, -0.25) is 4.79 Å². The molecule has 1 aliphatic rings. The maximum absolute atomic E-state index is 12.3. The summed E-state index contributed by atoms with van der Waals surface area (Å²) in [7, 11) is 0. The van der Waals surface area contributed by atoms with Crippen molar-refractivity contribution >= 4 is 21.8 Å². The molecule has 0 bridgehead atoms. The molecule has 0 saturated carbocycles. The second kappa shape index (κ2) is 7.23. The van der Waals surface area contributed by atoms with Gasteiger partial charge in [-0.05, 0) is 50.3 Å². The van der Waals surface area contributed by atoms with Gasteiger partial charge in [0.15, 0.2) is 0 Å². The highest BCUT2D eigenvalue weighted by Gasteiger charge is 2.28. The van der Waals surface area contributed by atoms with E-state index < -0.39 is 0 Å². The van der Waals surface area contributed by atoms with Gasteiger partial charge in [-0.25, -0.2) is 0 Å².